The number of aromatic amines is 2. The first-order valence-electron chi connectivity index (χ1n) is 7.64. The molecule has 0 bridgehead atoms. The van der Waals surface area contributed by atoms with E-state index in [0.29, 0.717) is 0 Å². The van der Waals surface area contributed by atoms with Gasteiger partial charge in [-0.3, -0.25) is 14.3 Å². The van der Waals surface area contributed by atoms with Crippen LogP contribution in [0.1, 0.15) is 17.4 Å². The summed E-state index contributed by atoms with van der Waals surface area (Å²) in [5.74, 6) is 0. The molecule has 1 aliphatic rings. The minimum Gasteiger partial charge on any atom is -0.387 e. The Morgan fingerprint density at radius 2 is 1.57 bits per heavy atom. The summed E-state index contributed by atoms with van der Waals surface area (Å²) >= 11 is 0. The van der Waals surface area contributed by atoms with E-state index in [0.717, 1.165) is 0 Å². The number of aliphatic hydroxyl groups excluding tert-OH is 2. The highest BCUT2D eigenvalue weighted by molar-refractivity contribution is 7.66. The maximum absolute atomic E-state index is 12.0. The number of rotatable bonds is 8. The van der Waals surface area contributed by atoms with E-state index in [1.807, 2.05) is 4.98 Å². The number of hydrogen-bond acceptors (Lipinski definition) is 11. The average Bonchev–Trinajstić information content (AvgIpc) is 2.77. The van der Waals surface area contributed by atoms with Gasteiger partial charge in [-0.2, -0.15) is 8.62 Å². The van der Waals surface area contributed by atoms with Gasteiger partial charge in [-0.05, 0) is 6.92 Å². The number of aryl methyl sites for hydroxylation is 1. The first-order chi connectivity index (χ1) is 13.5. The van der Waals surface area contributed by atoms with Gasteiger partial charge in [0.25, 0.3) is 5.56 Å². The second-order valence-electron chi connectivity index (χ2n) is 5.91. The molecule has 6 atom stereocenters. The monoisotopic (exact) mass is 498 g/mol. The zero-order chi connectivity index (χ0) is 23.1. The van der Waals surface area contributed by atoms with Crippen LogP contribution in [0.15, 0.2) is 9.59 Å². The summed E-state index contributed by atoms with van der Waals surface area (Å²) in [7, 11) is -16.8. The number of aliphatic hydroxyl groups is 2. The second-order valence-corrected chi connectivity index (χ2v) is 10.3. The molecule has 30 heavy (non-hydrogen) atoms. The van der Waals surface area contributed by atoms with Crippen molar-refractivity contribution < 1.29 is 61.4 Å². The lowest BCUT2D eigenvalue weighted by molar-refractivity contribution is -0.0229. The average molecular weight is 498 g/mol. The van der Waals surface area contributed by atoms with Crippen molar-refractivity contribution in [2.75, 3.05) is 6.61 Å². The van der Waals surface area contributed by atoms with Gasteiger partial charge >= 0.3 is 29.2 Å². The molecule has 20 heteroatoms. The number of nitrogens with one attached hydrogen (secondary N) is 2. The molecule has 0 spiro atoms. The van der Waals surface area contributed by atoms with Crippen molar-refractivity contribution >= 4 is 23.5 Å². The van der Waals surface area contributed by atoms with Crippen molar-refractivity contribution in [3.05, 3.63) is 32.1 Å². The van der Waals surface area contributed by atoms with Gasteiger partial charge in [-0.15, -0.1) is 0 Å². The van der Waals surface area contributed by atoms with Crippen LogP contribution < -0.4 is 11.2 Å². The standard InChI is InChI=1S/C10H17N2O15P3/c1-3-5(9(15)12-10(16)11-3)8-7(14)6(13)4(25-8)2-24-29(20,21)27-30(22,23)26-28(17,18)19/h4,6-8,13-14H,2H2,1H3,(H,20,21)(H,22,23)(H2,17,18,19)(H2,11,12,15,16)/t4-,6-,7-,8+/m1/s1. The number of aromatic nitrogens is 2. The Labute approximate surface area is 165 Å². The maximum atomic E-state index is 12.0. The lowest BCUT2D eigenvalue weighted by atomic mass is 10.0. The lowest BCUT2D eigenvalue weighted by Gasteiger charge is -2.19. The smallest absolute Gasteiger partial charge is 0.387 e. The Morgan fingerprint density at radius 3 is 2.10 bits per heavy atom. The highest BCUT2D eigenvalue weighted by Gasteiger charge is 2.47. The fourth-order valence-electron chi connectivity index (χ4n) is 2.55. The molecule has 8 N–H and O–H groups in total. The Kier molecular flexibility index (Phi) is 7.44. The van der Waals surface area contributed by atoms with Crippen LogP contribution in [0.3, 0.4) is 0 Å². The fraction of sp³-hybridized carbons (Fsp3) is 0.600. The molecule has 1 fully saturated rings. The Hall–Kier alpha value is -1.03. The van der Waals surface area contributed by atoms with E-state index in [1.54, 1.807) is 0 Å². The summed E-state index contributed by atoms with van der Waals surface area (Å²) in [5.41, 5.74) is -2.00. The number of hydrogen-bond donors (Lipinski definition) is 8. The van der Waals surface area contributed by atoms with Gasteiger partial charge in [0.2, 0.25) is 0 Å². The van der Waals surface area contributed by atoms with Crippen LogP contribution in [0.2, 0.25) is 0 Å². The first kappa shape index (κ1) is 25.2. The van der Waals surface area contributed by atoms with E-state index < -0.39 is 65.7 Å². The number of H-pyrrole nitrogens is 2. The predicted molar refractivity (Wildman–Crippen MR) is 91.9 cm³/mol. The molecule has 1 aromatic rings. The number of ether oxygens (including phenoxy) is 1. The van der Waals surface area contributed by atoms with E-state index in [4.69, 9.17) is 19.4 Å². The van der Waals surface area contributed by atoms with Crippen LogP contribution in [0.25, 0.3) is 0 Å². The minimum absolute atomic E-state index is 0.00790. The molecule has 2 rings (SSSR count). The molecular formula is C10H17N2O15P3. The molecule has 172 valence electrons. The third-order valence-corrected chi connectivity index (χ3v) is 7.44. The molecule has 17 nitrogen and oxygen atoms in total. The third-order valence-electron chi connectivity index (χ3n) is 3.64. The number of phosphoric acid groups is 3. The van der Waals surface area contributed by atoms with Gasteiger partial charge in [0, 0.05) is 5.69 Å². The molecule has 0 aliphatic carbocycles. The summed E-state index contributed by atoms with van der Waals surface area (Å²) in [6, 6.07) is 0. The van der Waals surface area contributed by atoms with Crippen LogP contribution >= 0.6 is 23.5 Å². The molecule has 1 saturated heterocycles. The van der Waals surface area contributed by atoms with E-state index in [9.17, 15) is 38.4 Å². The van der Waals surface area contributed by atoms with Crippen molar-refractivity contribution in [2.45, 2.75) is 31.3 Å². The van der Waals surface area contributed by atoms with E-state index in [-0.39, 0.29) is 11.3 Å². The summed E-state index contributed by atoms with van der Waals surface area (Å²) in [6.07, 6.45) is -6.59. The number of phosphoric ester groups is 1. The highest BCUT2D eigenvalue weighted by atomic mass is 31.3. The van der Waals surface area contributed by atoms with E-state index in [1.165, 1.54) is 6.92 Å². The molecule has 0 aromatic carbocycles. The van der Waals surface area contributed by atoms with Crippen LogP contribution in [-0.2, 0) is 31.6 Å². The minimum atomic E-state index is -5.74. The van der Waals surface area contributed by atoms with Crippen molar-refractivity contribution in [1.29, 1.82) is 0 Å². The van der Waals surface area contributed by atoms with Crippen LogP contribution in [0.4, 0.5) is 0 Å². The van der Waals surface area contributed by atoms with Gasteiger partial charge in [0.05, 0.1) is 12.2 Å². The molecule has 0 amide bonds. The fourth-order valence-corrected chi connectivity index (χ4v) is 5.58. The van der Waals surface area contributed by atoms with Gasteiger partial charge in [0.15, 0.2) is 0 Å². The Morgan fingerprint density at radius 1 is 0.967 bits per heavy atom. The van der Waals surface area contributed by atoms with Crippen LogP contribution in [-0.4, -0.2) is 64.7 Å². The van der Waals surface area contributed by atoms with Crippen molar-refractivity contribution in [1.82, 2.24) is 9.97 Å². The Balaban J connectivity index is 2.11. The topological polar surface area (TPSA) is 275 Å². The SMILES string of the molecule is Cc1[nH]c(=O)[nH]c(=O)c1[C@@H]1O[C@H](COP(=O)(O)OP(=O)(O)OP(=O)(O)O)[C@@H](O)[C@H]1O. The first-order valence-corrected chi connectivity index (χ1v) is 12.2. The summed E-state index contributed by atoms with van der Waals surface area (Å²) in [4.78, 5) is 62.7. The van der Waals surface area contributed by atoms with Crippen molar-refractivity contribution in [3.63, 3.8) is 0 Å². The van der Waals surface area contributed by atoms with Crippen molar-refractivity contribution in [2.24, 2.45) is 0 Å². The summed E-state index contributed by atoms with van der Waals surface area (Å²) in [5, 5.41) is 20.1. The largest absolute Gasteiger partial charge is 0.490 e. The zero-order valence-electron chi connectivity index (χ0n) is 14.7. The molecule has 0 radical (unpaired) electrons. The normalized spacial score (nSPS) is 28.8. The maximum Gasteiger partial charge on any atom is 0.490 e. The predicted octanol–water partition coefficient (Wildman–Crippen LogP) is -2.12. The highest BCUT2D eigenvalue weighted by Crippen LogP contribution is 2.66. The van der Waals surface area contributed by atoms with Gasteiger partial charge < -0.3 is 39.5 Å². The van der Waals surface area contributed by atoms with Gasteiger partial charge in [-0.1, -0.05) is 0 Å². The molecule has 1 aliphatic heterocycles. The second kappa shape index (κ2) is 8.84. The van der Waals surface area contributed by atoms with Gasteiger partial charge in [-0.25, -0.2) is 18.5 Å². The molecular weight excluding hydrogens is 481 g/mol. The summed E-state index contributed by atoms with van der Waals surface area (Å²) in [6.45, 7) is 0.270. The van der Waals surface area contributed by atoms with Crippen molar-refractivity contribution in [3.8, 4) is 0 Å². The molecule has 1 aromatic heterocycles. The van der Waals surface area contributed by atoms with E-state index >= 15 is 0 Å². The van der Waals surface area contributed by atoms with Gasteiger partial charge in [0.1, 0.15) is 24.4 Å². The third kappa shape index (κ3) is 6.48. The van der Waals surface area contributed by atoms with Crippen LogP contribution in [0, 0.1) is 6.92 Å². The lowest BCUT2D eigenvalue weighted by Crippen LogP contribution is -2.35. The van der Waals surface area contributed by atoms with E-state index in [2.05, 4.69) is 18.1 Å². The zero-order valence-corrected chi connectivity index (χ0v) is 17.4. The molecule has 2 unspecified atom stereocenters. The summed E-state index contributed by atoms with van der Waals surface area (Å²) < 4.78 is 50.1. The Bertz CT molecular complexity index is 1040. The quantitative estimate of drug-likeness (QED) is 0.178. The molecule has 2 heterocycles. The van der Waals surface area contributed by atoms with Crippen LogP contribution in [0.5, 0.6) is 0 Å². The molecule has 0 saturated carbocycles.